The molecule has 3 aromatic rings. The average molecular weight is 365 g/mol. The molecule has 1 aromatic carbocycles. The van der Waals surface area contributed by atoms with Crippen LogP contribution in [-0.4, -0.2) is 45.2 Å². The van der Waals surface area contributed by atoms with E-state index in [4.69, 9.17) is 4.42 Å². The first-order valence-corrected chi connectivity index (χ1v) is 9.32. The van der Waals surface area contributed by atoms with Crippen molar-refractivity contribution < 1.29 is 9.21 Å². The van der Waals surface area contributed by atoms with Crippen LogP contribution < -0.4 is 5.32 Å². The van der Waals surface area contributed by atoms with Gasteiger partial charge < -0.3 is 9.73 Å². The van der Waals surface area contributed by atoms with E-state index in [1.54, 1.807) is 29.4 Å². The summed E-state index contributed by atoms with van der Waals surface area (Å²) in [6, 6.07) is 11.3. The third kappa shape index (κ3) is 4.09. The molecular weight excluding hydrogens is 342 g/mol. The molecule has 1 amide bonds. The van der Waals surface area contributed by atoms with Gasteiger partial charge in [0.15, 0.2) is 0 Å². The highest BCUT2D eigenvalue weighted by molar-refractivity contribution is 5.94. The Morgan fingerprint density at radius 1 is 1.15 bits per heavy atom. The van der Waals surface area contributed by atoms with E-state index in [9.17, 15) is 4.79 Å². The van der Waals surface area contributed by atoms with E-state index in [1.165, 1.54) is 25.6 Å². The van der Waals surface area contributed by atoms with Crippen molar-refractivity contribution in [2.24, 2.45) is 0 Å². The van der Waals surface area contributed by atoms with E-state index in [2.05, 4.69) is 20.3 Å². The van der Waals surface area contributed by atoms with E-state index < -0.39 is 0 Å². The van der Waals surface area contributed by atoms with Gasteiger partial charge in [-0.25, -0.2) is 9.67 Å². The van der Waals surface area contributed by atoms with E-state index in [-0.39, 0.29) is 11.9 Å². The molecule has 2 aromatic heterocycles. The summed E-state index contributed by atoms with van der Waals surface area (Å²) in [7, 11) is 0. The standard InChI is InChI=1S/C20H23N5O2/c26-20(16-6-8-17(9-7-16)25-15-21-14-23-25)22-13-18(19-5-4-12-27-19)24-10-2-1-3-11-24/h4-9,12,14-15,18H,1-3,10-11,13H2,(H,22,26). The van der Waals surface area contributed by atoms with Crippen molar-refractivity contribution >= 4 is 5.91 Å². The number of amides is 1. The molecule has 7 heteroatoms. The molecule has 1 N–H and O–H groups in total. The van der Waals surface area contributed by atoms with Crippen molar-refractivity contribution in [3.8, 4) is 5.69 Å². The number of rotatable bonds is 6. The largest absolute Gasteiger partial charge is 0.468 e. The van der Waals surface area contributed by atoms with Crippen LogP contribution in [0.25, 0.3) is 5.69 Å². The molecule has 4 rings (SSSR count). The molecule has 1 atom stereocenters. The lowest BCUT2D eigenvalue weighted by atomic mass is 10.1. The Labute approximate surface area is 158 Å². The summed E-state index contributed by atoms with van der Waals surface area (Å²) >= 11 is 0. The Hall–Kier alpha value is -2.93. The lowest BCUT2D eigenvalue weighted by Gasteiger charge is -2.33. The van der Waals surface area contributed by atoms with Gasteiger partial charge in [-0.2, -0.15) is 5.10 Å². The average Bonchev–Trinajstić information content (AvgIpc) is 3.43. The summed E-state index contributed by atoms with van der Waals surface area (Å²) in [5.74, 6) is 0.812. The highest BCUT2D eigenvalue weighted by Gasteiger charge is 2.25. The Balaban J connectivity index is 1.41. The van der Waals surface area contributed by atoms with Gasteiger partial charge in [0.2, 0.25) is 0 Å². The van der Waals surface area contributed by atoms with E-state index >= 15 is 0 Å². The second-order valence-corrected chi connectivity index (χ2v) is 6.72. The second kappa shape index (κ2) is 8.18. The maximum atomic E-state index is 12.6. The molecule has 7 nitrogen and oxygen atoms in total. The fraction of sp³-hybridized carbons (Fsp3) is 0.350. The fourth-order valence-corrected chi connectivity index (χ4v) is 3.52. The van der Waals surface area contributed by atoms with Crippen LogP contribution in [0.2, 0.25) is 0 Å². The molecule has 1 fully saturated rings. The molecule has 0 radical (unpaired) electrons. The van der Waals surface area contributed by atoms with Crippen molar-refractivity contribution in [2.45, 2.75) is 25.3 Å². The van der Waals surface area contributed by atoms with Crippen molar-refractivity contribution in [1.82, 2.24) is 25.0 Å². The smallest absolute Gasteiger partial charge is 0.251 e. The normalized spacial score (nSPS) is 16.1. The molecule has 140 valence electrons. The molecular formula is C20H23N5O2. The van der Waals surface area contributed by atoms with Crippen LogP contribution in [0.1, 0.15) is 41.4 Å². The minimum Gasteiger partial charge on any atom is -0.468 e. The molecule has 0 spiro atoms. The SMILES string of the molecule is O=C(NCC(c1ccco1)N1CCCCC1)c1ccc(-n2cncn2)cc1. The molecule has 1 saturated heterocycles. The molecule has 3 heterocycles. The minimum absolute atomic E-state index is 0.0682. The highest BCUT2D eigenvalue weighted by Crippen LogP contribution is 2.24. The maximum absolute atomic E-state index is 12.6. The lowest BCUT2D eigenvalue weighted by Crippen LogP contribution is -2.40. The third-order valence-electron chi connectivity index (χ3n) is 4.97. The first kappa shape index (κ1) is 17.5. The number of furan rings is 1. The zero-order chi connectivity index (χ0) is 18.5. The van der Waals surface area contributed by atoms with Crippen LogP contribution in [0.3, 0.4) is 0 Å². The number of hydrogen-bond acceptors (Lipinski definition) is 5. The summed E-state index contributed by atoms with van der Waals surface area (Å²) < 4.78 is 7.29. The minimum atomic E-state index is -0.0892. The molecule has 1 aliphatic rings. The maximum Gasteiger partial charge on any atom is 0.251 e. The van der Waals surface area contributed by atoms with E-state index in [0.29, 0.717) is 12.1 Å². The van der Waals surface area contributed by atoms with Crippen LogP contribution in [0.4, 0.5) is 0 Å². The van der Waals surface area contributed by atoms with Crippen molar-refractivity contribution in [3.05, 3.63) is 66.6 Å². The van der Waals surface area contributed by atoms with Gasteiger partial charge in [0, 0.05) is 12.1 Å². The van der Waals surface area contributed by atoms with Crippen molar-refractivity contribution in [3.63, 3.8) is 0 Å². The Bertz CT molecular complexity index is 837. The van der Waals surface area contributed by atoms with Gasteiger partial charge in [-0.3, -0.25) is 9.69 Å². The molecule has 1 unspecified atom stereocenters. The number of piperidine rings is 1. The summed E-state index contributed by atoms with van der Waals surface area (Å²) in [4.78, 5) is 18.9. The zero-order valence-electron chi connectivity index (χ0n) is 15.1. The summed E-state index contributed by atoms with van der Waals surface area (Å²) in [6.07, 6.45) is 8.45. The second-order valence-electron chi connectivity index (χ2n) is 6.72. The molecule has 0 bridgehead atoms. The fourth-order valence-electron chi connectivity index (χ4n) is 3.52. The molecule has 1 aliphatic heterocycles. The number of hydrogen-bond donors (Lipinski definition) is 1. The van der Waals surface area contributed by atoms with Crippen LogP contribution in [0.15, 0.2) is 59.7 Å². The third-order valence-corrected chi connectivity index (χ3v) is 4.97. The zero-order valence-corrected chi connectivity index (χ0v) is 15.1. The summed E-state index contributed by atoms with van der Waals surface area (Å²) in [5.41, 5.74) is 1.49. The van der Waals surface area contributed by atoms with Gasteiger partial charge in [-0.15, -0.1) is 0 Å². The lowest BCUT2D eigenvalue weighted by molar-refractivity contribution is 0.0914. The Morgan fingerprint density at radius 3 is 2.63 bits per heavy atom. The van der Waals surface area contributed by atoms with Crippen molar-refractivity contribution in [1.29, 1.82) is 0 Å². The quantitative estimate of drug-likeness (QED) is 0.727. The first-order valence-electron chi connectivity index (χ1n) is 9.32. The van der Waals surface area contributed by atoms with Gasteiger partial charge in [0.25, 0.3) is 5.91 Å². The Morgan fingerprint density at radius 2 is 1.96 bits per heavy atom. The summed E-state index contributed by atoms with van der Waals surface area (Å²) in [6.45, 7) is 2.60. The number of aromatic nitrogens is 3. The van der Waals surface area contributed by atoms with Crippen LogP contribution in [-0.2, 0) is 0 Å². The number of likely N-dealkylation sites (tertiary alicyclic amines) is 1. The van der Waals surface area contributed by atoms with E-state index in [0.717, 1.165) is 24.5 Å². The highest BCUT2D eigenvalue weighted by atomic mass is 16.3. The number of nitrogens with zero attached hydrogens (tertiary/aromatic N) is 4. The molecule has 0 aliphatic carbocycles. The number of benzene rings is 1. The van der Waals surface area contributed by atoms with Crippen molar-refractivity contribution in [2.75, 3.05) is 19.6 Å². The summed E-state index contributed by atoms with van der Waals surface area (Å²) in [5, 5.41) is 7.15. The number of carbonyl (C=O) groups is 1. The molecule has 0 saturated carbocycles. The Kier molecular flexibility index (Phi) is 5.29. The van der Waals surface area contributed by atoms with E-state index in [1.807, 2.05) is 24.3 Å². The van der Waals surface area contributed by atoms with Gasteiger partial charge in [0.1, 0.15) is 18.4 Å². The number of nitrogens with one attached hydrogen (secondary N) is 1. The predicted molar refractivity (Wildman–Crippen MR) is 101 cm³/mol. The predicted octanol–water partition coefficient (Wildman–Crippen LogP) is 2.82. The van der Waals surface area contributed by atoms with Crippen LogP contribution in [0.5, 0.6) is 0 Å². The van der Waals surface area contributed by atoms with Crippen LogP contribution >= 0.6 is 0 Å². The van der Waals surface area contributed by atoms with Gasteiger partial charge in [-0.05, 0) is 62.3 Å². The van der Waals surface area contributed by atoms with Gasteiger partial charge >= 0.3 is 0 Å². The first-order chi connectivity index (χ1) is 13.3. The van der Waals surface area contributed by atoms with Gasteiger partial charge in [0.05, 0.1) is 18.0 Å². The number of carbonyl (C=O) groups excluding carboxylic acids is 1. The molecule has 27 heavy (non-hydrogen) atoms. The van der Waals surface area contributed by atoms with Gasteiger partial charge in [-0.1, -0.05) is 6.42 Å². The monoisotopic (exact) mass is 365 g/mol. The van der Waals surface area contributed by atoms with Crippen LogP contribution in [0, 0.1) is 0 Å². The topological polar surface area (TPSA) is 76.2 Å².